The van der Waals surface area contributed by atoms with Gasteiger partial charge >= 0.3 is 6.09 Å². The lowest BCUT2D eigenvalue weighted by Gasteiger charge is -2.15. The Balaban J connectivity index is 1.80. The normalized spacial score (nSPS) is 11.6. The number of fused-ring (bicyclic) bond motifs is 1. The summed E-state index contributed by atoms with van der Waals surface area (Å²) in [4.78, 5) is 15.3. The minimum atomic E-state index is -1.15. The molecule has 160 valence electrons. The van der Waals surface area contributed by atoms with Crippen LogP contribution in [0.15, 0.2) is 36.7 Å². The number of hydrogen-bond acceptors (Lipinski definition) is 4. The summed E-state index contributed by atoms with van der Waals surface area (Å²) in [6.07, 6.45) is 2.36. The van der Waals surface area contributed by atoms with E-state index in [9.17, 15) is 4.79 Å². The van der Waals surface area contributed by atoms with Crippen LogP contribution in [0.1, 0.15) is 5.56 Å². The van der Waals surface area contributed by atoms with Gasteiger partial charge in [0.2, 0.25) is 0 Å². The van der Waals surface area contributed by atoms with Crippen LogP contribution in [-0.2, 0) is 11.5 Å². The van der Waals surface area contributed by atoms with Crippen LogP contribution in [0.5, 0.6) is 11.5 Å². The Kier molecular flexibility index (Phi) is 6.70. The van der Waals surface area contributed by atoms with Crippen molar-refractivity contribution in [3.63, 3.8) is 0 Å². The Labute approximate surface area is 181 Å². The van der Waals surface area contributed by atoms with Crippen molar-refractivity contribution in [1.82, 2.24) is 9.55 Å². The van der Waals surface area contributed by atoms with Gasteiger partial charge in [0.25, 0.3) is 0 Å². The molecule has 0 unspecified atom stereocenters. The number of anilines is 1. The van der Waals surface area contributed by atoms with Crippen LogP contribution in [0, 0.1) is 6.92 Å². The second-order valence-corrected chi connectivity index (χ2v) is 14.3. The molecule has 3 aromatic rings. The summed E-state index contributed by atoms with van der Waals surface area (Å²) in [6, 6.07) is 7.98. The summed E-state index contributed by atoms with van der Waals surface area (Å²) < 4.78 is 13.8. The minimum absolute atomic E-state index is 0.374. The number of halogens is 1. The molecular weight excluding hydrogens is 422 g/mol. The van der Waals surface area contributed by atoms with E-state index in [0.717, 1.165) is 11.6 Å². The fraction of sp³-hybridized carbons (Fsp3) is 0.333. The first-order chi connectivity index (χ1) is 14.1. The van der Waals surface area contributed by atoms with Crippen molar-refractivity contribution in [3.05, 3.63) is 47.2 Å². The first-order valence-electron chi connectivity index (χ1n) is 9.63. The van der Waals surface area contributed by atoms with Crippen molar-refractivity contribution >= 4 is 42.5 Å². The molecule has 2 heterocycles. The lowest BCUT2D eigenvalue weighted by atomic mass is 10.2. The van der Waals surface area contributed by atoms with Gasteiger partial charge in [0.1, 0.15) is 23.9 Å². The summed E-state index contributed by atoms with van der Waals surface area (Å²) in [7, 11) is -1.15. The molecule has 2 aromatic heterocycles. The molecule has 0 radical (unpaired) electrons. The Morgan fingerprint density at radius 1 is 1.30 bits per heavy atom. The fourth-order valence-corrected chi connectivity index (χ4v) is 4.00. The van der Waals surface area contributed by atoms with E-state index in [1.54, 1.807) is 36.7 Å². The number of benzene rings is 1. The molecule has 7 nitrogen and oxygen atoms in total. The number of aromatic nitrogens is 2. The van der Waals surface area contributed by atoms with Crippen molar-refractivity contribution in [3.8, 4) is 11.5 Å². The summed E-state index contributed by atoms with van der Waals surface area (Å²) in [5.41, 5.74) is 1.94. The van der Waals surface area contributed by atoms with Gasteiger partial charge in [-0.1, -0.05) is 31.2 Å². The van der Waals surface area contributed by atoms with E-state index in [1.165, 1.54) is 0 Å². The second-order valence-electron chi connectivity index (χ2n) is 8.31. The smallest absolute Gasteiger partial charge is 0.409 e. The lowest BCUT2D eigenvalue weighted by Crippen LogP contribution is -2.22. The summed E-state index contributed by atoms with van der Waals surface area (Å²) in [5, 5.41) is 12.5. The Morgan fingerprint density at radius 3 is 2.73 bits per heavy atom. The summed E-state index contributed by atoms with van der Waals surface area (Å²) in [6.45, 7) is 9.83. The van der Waals surface area contributed by atoms with Gasteiger partial charge in [0.05, 0.1) is 10.4 Å². The highest BCUT2D eigenvalue weighted by molar-refractivity contribution is 6.76. The van der Waals surface area contributed by atoms with E-state index >= 15 is 0 Å². The molecule has 0 fully saturated rings. The van der Waals surface area contributed by atoms with Crippen molar-refractivity contribution < 1.29 is 19.4 Å². The third-order valence-electron chi connectivity index (χ3n) is 4.57. The van der Waals surface area contributed by atoms with Crippen molar-refractivity contribution in [2.24, 2.45) is 0 Å². The highest BCUT2D eigenvalue weighted by Gasteiger charge is 2.16. The van der Waals surface area contributed by atoms with Crippen LogP contribution in [0.3, 0.4) is 0 Å². The van der Waals surface area contributed by atoms with Crippen molar-refractivity contribution in [2.75, 3.05) is 11.9 Å². The SMILES string of the molecule is Cc1cc(Oc2ccnc3c2c(Cl)cn3COCC[Si](C)(C)C)ccc1NC(=O)O. The average Bonchev–Trinajstić information content (AvgIpc) is 2.97. The minimum Gasteiger partial charge on any atom is -0.465 e. The van der Waals surface area contributed by atoms with Gasteiger partial charge in [-0.15, -0.1) is 0 Å². The number of carbonyl (C=O) groups is 1. The van der Waals surface area contributed by atoms with Gasteiger partial charge in [-0.2, -0.15) is 0 Å². The molecule has 0 atom stereocenters. The van der Waals surface area contributed by atoms with Crippen LogP contribution in [0.2, 0.25) is 30.7 Å². The molecule has 9 heteroatoms. The molecule has 0 bridgehead atoms. The maximum atomic E-state index is 10.9. The second kappa shape index (κ2) is 9.07. The zero-order valence-corrected chi connectivity index (χ0v) is 19.3. The number of nitrogens with one attached hydrogen (secondary N) is 1. The third kappa shape index (κ3) is 5.53. The third-order valence-corrected chi connectivity index (χ3v) is 6.56. The van der Waals surface area contributed by atoms with Gasteiger partial charge in [-0.3, -0.25) is 5.32 Å². The molecule has 1 aromatic carbocycles. The van der Waals surface area contributed by atoms with Gasteiger partial charge in [-0.05, 0) is 42.8 Å². The van der Waals surface area contributed by atoms with Crippen LogP contribution in [0.4, 0.5) is 10.5 Å². The number of aryl methyl sites for hydroxylation is 1. The molecule has 0 saturated heterocycles. The number of hydrogen-bond donors (Lipinski definition) is 2. The topological polar surface area (TPSA) is 85.6 Å². The van der Waals surface area contributed by atoms with E-state index in [-0.39, 0.29) is 0 Å². The molecule has 30 heavy (non-hydrogen) atoms. The number of carboxylic acid groups (broad SMARTS) is 1. The first-order valence-corrected chi connectivity index (χ1v) is 13.7. The predicted octanol–water partition coefficient (Wildman–Crippen LogP) is 6.19. The Hall–Kier alpha value is -2.55. The standard InChI is InChI=1S/C21H26ClN3O4Si/c1-14-11-15(5-6-17(14)24-21(26)27)29-18-7-8-23-20-19(18)16(22)12-25(20)13-28-9-10-30(2,3)4/h5-8,11-12,24H,9-10,13H2,1-4H3,(H,26,27). The van der Waals surface area contributed by atoms with E-state index < -0.39 is 14.2 Å². The lowest BCUT2D eigenvalue weighted by molar-refractivity contribution is 0.0899. The maximum Gasteiger partial charge on any atom is 0.409 e. The van der Waals surface area contributed by atoms with Crippen molar-refractivity contribution in [1.29, 1.82) is 0 Å². The molecule has 0 aliphatic heterocycles. The molecule has 2 N–H and O–H groups in total. The largest absolute Gasteiger partial charge is 0.465 e. The van der Waals surface area contributed by atoms with E-state index in [2.05, 4.69) is 29.9 Å². The highest BCUT2D eigenvalue weighted by Crippen LogP contribution is 2.36. The maximum absolute atomic E-state index is 10.9. The van der Waals surface area contributed by atoms with Gasteiger partial charge < -0.3 is 19.1 Å². The Bertz CT molecular complexity index is 1060. The van der Waals surface area contributed by atoms with Crippen molar-refractivity contribution in [2.45, 2.75) is 39.3 Å². The van der Waals surface area contributed by atoms with Gasteiger partial charge in [-0.25, -0.2) is 9.78 Å². The summed E-state index contributed by atoms with van der Waals surface area (Å²) in [5.74, 6) is 1.15. The quantitative estimate of drug-likeness (QED) is 0.317. The first kappa shape index (κ1) is 22.1. The van der Waals surface area contributed by atoms with E-state index in [1.807, 2.05) is 11.5 Å². The van der Waals surface area contributed by atoms with Gasteiger partial charge in [0.15, 0.2) is 0 Å². The zero-order chi connectivity index (χ0) is 21.9. The van der Waals surface area contributed by atoms with E-state index in [4.69, 9.17) is 26.2 Å². The molecule has 3 rings (SSSR count). The van der Waals surface area contributed by atoms with Crippen LogP contribution in [-0.4, -0.2) is 35.4 Å². The monoisotopic (exact) mass is 447 g/mol. The molecule has 0 spiro atoms. The average molecular weight is 448 g/mol. The molecule has 0 aliphatic carbocycles. The fourth-order valence-electron chi connectivity index (χ4n) is 2.95. The number of nitrogens with zero attached hydrogens (tertiary/aromatic N) is 2. The van der Waals surface area contributed by atoms with Crippen LogP contribution >= 0.6 is 11.6 Å². The number of ether oxygens (including phenoxy) is 2. The van der Waals surface area contributed by atoms with Crippen LogP contribution in [0.25, 0.3) is 11.0 Å². The van der Waals surface area contributed by atoms with E-state index in [0.29, 0.717) is 46.6 Å². The number of rotatable bonds is 8. The van der Waals surface area contributed by atoms with Gasteiger partial charge in [0, 0.05) is 32.8 Å². The van der Waals surface area contributed by atoms with Crippen LogP contribution < -0.4 is 10.1 Å². The molecule has 1 amide bonds. The predicted molar refractivity (Wildman–Crippen MR) is 122 cm³/mol. The Morgan fingerprint density at radius 2 is 2.07 bits per heavy atom. The number of pyridine rings is 1. The highest BCUT2D eigenvalue weighted by atomic mass is 35.5. The molecule has 0 saturated carbocycles. The zero-order valence-electron chi connectivity index (χ0n) is 17.5. The number of amides is 1. The molecular formula is C21H26ClN3O4Si. The molecule has 0 aliphatic rings. The summed E-state index contributed by atoms with van der Waals surface area (Å²) >= 11 is 6.48.